The van der Waals surface area contributed by atoms with E-state index in [4.69, 9.17) is 4.74 Å². The molecule has 15 rings (SSSR count). The molecule has 1 amide bonds. The lowest BCUT2D eigenvalue weighted by molar-refractivity contribution is -0.435. The van der Waals surface area contributed by atoms with Crippen molar-refractivity contribution in [3.8, 4) is 17.6 Å². The molecule has 0 saturated heterocycles. The molecule has 10 heteroatoms. The number of esters is 1. The summed E-state index contributed by atoms with van der Waals surface area (Å²) in [5.41, 5.74) is 31.3. The molecular formula is C115H114N6O4. The summed E-state index contributed by atoms with van der Waals surface area (Å²) < 4.78 is 5.26. The lowest BCUT2D eigenvalue weighted by Crippen LogP contribution is -2.11. The smallest absolute Gasteiger partial charge is 0.343 e. The van der Waals surface area contributed by atoms with Crippen molar-refractivity contribution in [2.45, 2.75) is 111 Å². The highest BCUT2D eigenvalue weighted by Crippen LogP contribution is 2.23. The Balaban J connectivity index is 0.000000178. The van der Waals surface area contributed by atoms with E-state index in [1.807, 2.05) is 231 Å². The van der Waals surface area contributed by atoms with Gasteiger partial charge in [-0.05, 0) is 254 Å². The van der Waals surface area contributed by atoms with Gasteiger partial charge in [-0.1, -0.05) is 355 Å². The van der Waals surface area contributed by atoms with Crippen LogP contribution in [0.5, 0.6) is 5.75 Å². The number of hydrogen-bond donors (Lipinski definition) is 1. The van der Waals surface area contributed by atoms with Crippen LogP contribution in [-0.2, 0) is 0 Å². The maximum atomic E-state index is 11.9. The van der Waals surface area contributed by atoms with Crippen LogP contribution in [-0.4, -0.2) is 23.0 Å². The maximum Gasteiger partial charge on any atom is 0.343 e. The summed E-state index contributed by atoms with van der Waals surface area (Å²) in [6, 6.07) is 120. The Morgan fingerprint density at radius 3 is 0.904 bits per heavy atom. The van der Waals surface area contributed by atoms with Crippen LogP contribution < -0.4 is 10.1 Å². The van der Waals surface area contributed by atoms with Crippen LogP contribution in [0.4, 0.5) is 34.1 Å². The summed E-state index contributed by atoms with van der Waals surface area (Å²) in [7, 11) is 0. The highest BCUT2D eigenvalue weighted by molar-refractivity contribution is 6.04. The number of ether oxygens (including phenoxy) is 1. The molecule has 0 aliphatic heterocycles. The van der Waals surface area contributed by atoms with Crippen LogP contribution in [0.15, 0.2) is 390 Å². The lowest BCUT2D eigenvalue weighted by Gasteiger charge is -2.05. The Bertz CT molecular complexity index is 5450. The van der Waals surface area contributed by atoms with E-state index < -0.39 is 0 Å². The van der Waals surface area contributed by atoms with E-state index in [1.165, 1.54) is 72.3 Å². The van der Waals surface area contributed by atoms with Crippen molar-refractivity contribution < 1.29 is 19.2 Å². The van der Waals surface area contributed by atoms with Gasteiger partial charge < -0.3 is 15.3 Å². The fourth-order valence-corrected chi connectivity index (χ4v) is 11.1. The number of nitrogens with zero attached hydrogens (tertiary/aromatic N) is 5. The van der Waals surface area contributed by atoms with Crippen molar-refractivity contribution in [3.63, 3.8) is 0 Å². The van der Waals surface area contributed by atoms with Crippen LogP contribution in [0.2, 0.25) is 0 Å². The number of nitrogens with one attached hydrogen (secondary N) is 1. The normalized spacial score (nSPS) is 10.5. The fourth-order valence-electron chi connectivity index (χ4n) is 11.1. The van der Waals surface area contributed by atoms with Gasteiger partial charge in [-0.3, -0.25) is 9.79 Å². The van der Waals surface area contributed by atoms with Crippen LogP contribution in [0, 0.1) is 121 Å². The predicted molar refractivity (Wildman–Crippen MR) is 527 cm³/mol. The van der Waals surface area contributed by atoms with Crippen molar-refractivity contribution in [2.75, 3.05) is 5.32 Å². The molecule has 1 N–H and O–H groups in total. The molecule has 628 valence electrons. The van der Waals surface area contributed by atoms with Gasteiger partial charge in [0, 0.05) is 45.8 Å². The van der Waals surface area contributed by atoms with Crippen molar-refractivity contribution in [1.82, 2.24) is 0 Å². The van der Waals surface area contributed by atoms with Gasteiger partial charge in [-0.25, -0.2) is 4.79 Å². The number of carbonyl (C=O) groups is 2. The minimum Gasteiger partial charge on any atom is -0.594 e. The standard InChI is InChI=1S/C16H16.C16H14.C15H15NO.C15H15N.C15H14O2.C14H14N2O.C14H14N2.C10H12/c2*1-13-3-7-15(8-4-13)11-12-16-9-5-14(2)6-10-16;1-11-3-7-13(8-4-11)15(17)16-14-9-5-12(2)6-10-14;1-12-3-7-14(8-4-12)11-16-15-9-5-13(2)6-10-15;1-11-3-7-13(8-4-11)15(16)17-14-9-5-12(2)6-10-14;1-11-3-7-13(8-4-11)15-16(17)14-9-5-12(2)6-10-14;1-11-3-7-13(8-4-11)15-16-14-9-5-12(2)6-10-14;1-3-4-10-7-5-9(2)6-8-10/h3-12H,1-2H3;3-10H,1-2H3;3-10H,1-2H3,(H,16,17);3-11H,1-2H3;2*3-10H,1-2H3;3-10H,1-2H3;3-8H,1-2H3. The minimum atomic E-state index is -0.325. The molecule has 15 aromatic carbocycles. The van der Waals surface area contributed by atoms with Crippen LogP contribution in [0.1, 0.15) is 144 Å². The van der Waals surface area contributed by atoms with Gasteiger partial charge in [-0.15, -0.1) is 0 Å². The summed E-state index contributed by atoms with van der Waals surface area (Å²) in [6.45, 7) is 32.7. The van der Waals surface area contributed by atoms with E-state index in [1.54, 1.807) is 36.4 Å². The minimum absolute atomic E-state index is 0.0751. The number of carbonyl (C=O) groups excluding carboxylic acids is 2. The van der Waals surface area contributed by atoms with E-state index in [9.17, 15) is 14.8 Å². The van der Waals surface area contributed by atoms with Gasteiger partial charge in [0.15, 0.2) is 0 Å². The number of hydrogen-bond acceptors (Lipinski definition) is 8. The fraction of sp³-hybridized carbons (Fsp3) is 0.139. The van der Waals surface area contributed by atoms with Crippen molar-refractivity contribution >= 4 is 70.4 Å². The van der Waals surface area contributed by atoms with Crippen LogP contribution in [0.3, 0.4) is 0 Å². The molecule has 0 fully saturated rings. The number of anilines is 1. The van der Waals surface area contributed by atoms with E-state index >= 15 is 0 Å². The van der Waals surface area contributed by atoms with Gasteiger partial charge in [0.25, 0.3) is 5.91 Å². The molecule has 0 saturated carbocycles. The summed E-state index contributed by atoms with van der Waals surface area (Å²) in [4.78, 5) is 28.8. The molecular weight excluding hydrogens is 1530 g/mol. The zero-order valence-electron chi connectivity index (χ0n) is 74.9. The maximum absolute atomic E-state index is 11.9. The Morgan fingerprint density at radius 1 is 0.296 bits per heavy atom. The first-order valence-corrected chi connectivity index (χ1v) is 41.7. The largest absolute Gasteiger partial charge is 0.594 e. The molecule has 125 heavy (non-hydrogen) atoms. The zero-order valence-corrected chi connectivity index (χ0v) is 74.9. The van der Waals surface area contributed by atoms with Crippen molar-refractivity contribution in [1.29, 1.82) is 0 Å². The first kappa shape index (κ1) is 95.4. The molecule has 0 aliphatic carbocycles. The van der Waals surface area contributed by atoms with Gasteiger partial charge in [0.2, 0.25) is 5.69 Å². The molecule has 0 unspecified atom stereocenters. The van der Waals surface area contributed by atoms with Crippen molar-refractivity contribution in [3.05, 3.63) is 503 Å². The second kappa shape index (κ2) is 51.5. The van der Waals surface area contributed by atoms with E-state index in [-0.39, 0.29) is 11.9 Å². The number of aryl methyl sites for hydroxylation is 15. The number of amides is 1. The van der Waals surface area contributed by atoms with Gasteiger partial charge in [0.1, 0.15) is 11.4 Å². The highest BCUT2D eigenvalue weighted by Gasteiger charge is 2.09. The summed E-state index contributed by atoms with van der Waals surface area (Å²) in [6.07, 6.45) is 10.3. The molecule has 10 nitrogen and oxygen atoms in total. The topological polar surface area (TPSA) is 131 Å². The molecule has 0 heterocycles. The number of azo groups is 2. The third-order valence-corrected chi connectivity index (χ3v) is 19.0. The van der Waals surface area contributed by atoms with Crippen LogP contribution in [0.25, 0.3) is 18.2 Å². The SMILES string of the molecule is CC=Cc1ccc(C)cc1.Cc1ccc(C#Cc2ccc(C)cc2)cc1.Cc1ccc(C=Cc2ccc(C)cc2)cc1.Cc1ccc(C=Nc2ccc(C)cc2)cc1.Cc1ccc(N=Nc2ccc(C)cc2)cc1.Cc1ccc(N=[N+]([O-])c2ccc(C)cc2)cc1.Cc1ccc(NC(=O)c2ccc(C)cc2)cc1.Cc1ccc(OC(=O)c2ccc(C)cc2)cc1. The number of rotatable bonds is 13. The molecule has 0 aliphatic rings. The molecule has 0 bridgehead atoms. The number of aliphatic imine (C=N–C) groups is 1. The lowest BCUT2D eigenvalue weighted by atomic mass is 10.1. The van der Waals surface area contributed by atoms with Gasteiger partial charge >= 0.3 is 5.97 Å². The molecule has 0 spiro atoms. The highest BCUT2D eigenvalue weighted by atomic mass is 16.5. The Hall–Kier alpha value is -15.1. The quantitative estimate of drug-likeness (QED) is 0.0180. The van der Waals surface area contributed by atoms with E-state index in [2.05, 4.69) is 276 Å². The molecule has 0 radical (unpaired) electrons. The second-order valence-electron chi connectivity index (χ2n) is 30.7. The average Bonchev–Trinajstić information content (AvgIpc) is 0.870. The molecule has 0 atom stereocenters. The van der Waals surface area contributed by atoms with E-state index in [0.717, 1.165) is 67.3 Å². The Morgan fingerprint density at radius 2 is 0.560 bits per heavy atom. The third-order valence-electron chi connectivity index (χ3n) is 19.0. The second-order valence-corrected chi connectivity index (χ2v) is 30.7. The summed E-state index contributed by atoms with van der Waals surface area (Å²) >= 11 is 0. The number of allylic oxidation sites excluding steroid dienone is 1. The van der Waals surface area contributed by atoms with E-state index in [0.29, 0.717) is 33.1 Å². The first-order chi connectivity index (χ1) is 60.2. The monoisotopic (exact) mass is 1640 g/mol. The summed E-state index contributed by atoms with van der Waals surface area (Å²) in [5, 5.41) is 26.9. The van der Waals surface area contributed by atoms with Gasteiger partial charge in [0.05, 0.1) is 22.6 Å². The van der Waals surface area contributed by atoms with Crippen molar-refractivity contribution in [2.24, 2.45) is 20.3 Å². The average molecular weight is 1640 g/mol. The molecule has 0 aromatic heterocycles. The van der Waals surface area contributed by atoms with Gasteiger partial charge in [-0.2, -0.15) is 10.2 Å². The Kier molecular flexibility index (Phi) is 39.3. The Labute approximate surface area is 742 Å². The van der Waals surface area contributed by atoms with Crippen LogP contribution >= 0.6 is 0 Å². The molecule has 15 aromatic rings. The zero-order chi connectivity index (χ0) is 89.7. The third kappa shape index (κ3) is 37.6. The number of benzene rings is 15. The summed E-state index contributed by atoms with van der Waals surface area (Å²) in [5.74, 6) is 6.49. The predicted octanol–water partition coefficient (Wildman–Crippen LogP) is 31.3. The first-order valence-electron chi connectivity index (χ1n) is 41.7.